The Morgan fingerprint density at radius 3 is 2.85 bits per heavy atom. The summed E-state index contributed by atoms with van der Waals surface area (Å²) in [5.41, 5.74) is 2.73. The Hall–Kier alpha value is -2.65. The van der Waals surface area contributed by atoms with Gasteiger partial charge in [-0.2, -0.15) is 0 Å². The molecule has 0 saturated carbocycles. The number of hydrogen-bond acceptors (Lipinski definition) is 2. The molecule has 0 aromatic heterocycles. The molecule has 0 bridgehead atoms. The number of hydrogen-bond donors (Lipinski definition) is 0. The molecule has 0 fully saturated rings. The first-order chi connectivity index (χ1) is 12.5. The number of carbonyl (C=O) groups excluding carboxylic acids is 1. The number of carbonyl (C=O) groups is 1. The second-order valence-corrected chi connectivity index (χ2v) is 6.14. The SMILES string of the molecule is C#C/C(CCC)=C(C)\C=C/CC(=O)CCC(=C)C1C#CC(F)/C=C\C=N/1. The summed E-state index contributed by atoms with van der Waals surface area (Å²) < 4.78 is 13.3. The van der Waals surface area contributed by atoms with Crippen LogP contribution in [0.2, 0.25) is 0 Å². The van der Waals surface area contributed by atoms with E-state index in [4.69, 9.17) is 6.42 Å². The molecule has 0 saturated heterocycles. The standard InChI is InChI=1S/C23H26FNO/c1-5-9-20(6-2)18(3)10-7-12-22(26)15-13-19(4)23-16-14-21(24)11-8-17-25-23/h2,7-8,10-11,17,21,23H,4-5,9,12-13,15H2,1,3H3/b10-7-,11-8-,20-18+,25-17-. The third kappa shape index (κ3) is 7.95. The highest BCUT2D eigenvalue weighted by Gasteiger charge is 2.10. The van der Waals surface area contributed by atoms with Gasteiger partial charge in [-0.15, -0.1) is 6.42 Å². The van der Waals surface area contributed by atoms with Crippen molar-refractivity contribution < 1.29 is 9.18 Å². The third-order valence-electron chi connectivity index (χ3n) is 3.93. The van der Waals surface area contributed by atoms with Crippen molar-refractivity contribution >= 4 is 12.0 Å². The zero-order valence-electron chi connectivity index (χ0n) is 15.6. The highest BCUT2D eigenvalue weighted by Crippen LogP contribution is 2.14. The molecule has 1 aliphatic rings. The lowest BCUT2D eigenvalue weighted by atomic mass is 10.0. The van der Waals surface area contributed by atoms with E-state index in [1.165, 1.54) is 18.4 Å². The van der Waals surface area contributed by atoms with E-state index in [1.807, 2.05) is 19.1 Å². The summed E-state index contributed by atoms with van der Waals surface area (Å²) in [5.74, 6) is 8.06. The molecule has 0 aromatic rings. The van der Waals surface area contributed by atoms with E-state index in [0.717, 1.165) is 29.6 Å². The quantitative estimate of drug-likeness (QED) is 0.329. The van der Waals surface area contributed by atoms with Crippen LogP contribution in [0.1, 0.15) is 46.0 Å². The van der Waals surface area contributed by atoms with Crippen LogP contribution < -0.4 is 0 Å². The Bertz CT molecular complexity index is 734. The van der Waals surface area contributed by atoms with Gasteiger partial charge in [0.2, 0.25) is 0 Å². The average Bonchev–Trinajstić information content (AvgIpc) is 2.61. The molecule has 2 atom stereocenters. The predicted octanol–water partition coefficient (Wildman–Crippen LogP) is 4.94. The number of aliphatic imine (C=N–C) groups is 1. The van der Waals surface area contributed by atoms with Crippen LogP contribution in [0.25, 0.3) is 0 Å². The van der Waals surface area contributed by atoms with E-state index in [2.05, 4.69) is 36.3 Å². The average molecular weight is 351 g/mol. The maximum absolute atomic E-state index is 13.3. The van der Waals surface area contributed by atoms with Gasteiger partial charge in [-0.25, -0.2) is 4.39 Å². The largest absolute Gasteiger partial charge is 0.299 e. The number of alkyl halides is 1. The van der Waals surface area contributed by atoms with Crippen molar-refractivity contribution in [2.75, 3.05) is 0 Å². The molecule has 0 N–H and O–H groups in total. The van der Waals surface area contributed by atoms with Crippen molar-refractivity contribution in [1.29, 1.82) is 0 Å². The van der Waals surface area contributed by atoms with Crippen LogP contribution in [0.5, 0.6) is 0 Å². The molecule has 0 aliphatic carbocycles. The summed E-state index contributed by atoms with van der Waals surface area (Å²) >= 11 is 0. The molecule has 1 aliphatic heterocycles. The van der Waals surface area contributed by atoms with Crippen molar-refractivity contribution in [1.82, 2.24) is 0 Å². The fourth-order valence-corrected chi connectivity index (χ4v) is 2.37. The van der Waals surface area contributed by atoms with Gasteiger partial charge < -0.3 is 0 Å². The lowest BCUT2D eigenvalue weighted by molar-refractivity contribution is -0.118. The Balaban J connectivity index is 2.50. The highest BCUT2D eigenvalue weighted by molar-refractivity contribution is 5.80. The molecule has 0 aromatic carbocycles. The van der Waals surface area contributed by atoms with Gasteiger partial charge in [-0.1, -0.05) is 49.8 Å². The van der Waals surface area contributed by atoms with Crippen molar-refractivity contribution in [3.8, 4) is 24.2 Å². The van der Waals surface area contributed by atoms with Gasteiger partial charge in [0, 0.05) is 24.6 Å². The monoisotopic (exact) mass is 351 g/mol. The van der Waals surface area contributed by atoms with Crippen molar-refractivity contribution in [3.05, 3.63) is 47.6 Å². The van der Waals surface area contributed by atoms with E-state index in [0.29, 0.717) is 19.3 Å². The maximum Gasteiger partial charge on any atom is 0.179 e. The number of nitrogens with zero attached hydrogens (tertiary/aromatic N) is 1. The first kappa shape index (κ1) is 21.4. The van der Waals surface area contributed by atoms with Gasteiger partial charge in [0.25, 0.3) is 0 Å². The van der Waals surface area contributed by atoms with E-state index < -0.39 is 12.2 Å². The maximum atomic E-state index is 13.3. The number of Topliss-reactive ketones (excluding diaryl/α,β-unsaturated/α-hetero) is 1. The normalized spacial score (nSPS) is 22.2. The summed E-state index contributed by atoms with van der Waals surface area (Å²) in [4.78, 5) is 16.3. The third-order valence-corrected chi connectivity index (χ3v) is 3.93. The molecule has 1 rings (SSSR count). The van der Waals surface area contributed by atoms with Crippen LogP contribution in [0.15, 0.2) is 52.6 Å². The second-order valence-electron chi connectivity index (χ2n) is 6.14. The van der Waals surface area contributed by atoms with Crippen LogP contribution >= 0.6 is 0 Å². The van der Waals surface area contributed by atoms with Gasteiger partial charge in [-0.05, 0) is 43.1 Å². The molecule has 0 amide bonds. The molecule has 0 radical (unpaired) electrons. The van der Waals surface area contributed by atoms with E-state index >= 15 is 0 Å². The lowest BCUT2D eigenvalue weighted by Crippen LogP contribution is -2.09. The van der Waals surface area contributed by atoms with Crippen LogP contribution in [0.4, 0.5) is 4.39 Å². The molecule has 26 heavy (non-hydrogen) atoms. The summed E-state index contributed by atoms with van der Waals surface area (Å²) in [5, 5.41) is 0. The molecule has 0 spiro atoms. The lowest BCUT2D eigenvalue weighted by Gasteiger charge is -2.09. The van der Waals surface area contributed by atoms with Crippen LogP contribution in [-0.2, 0) is 4.79 Å². The van der Waals surface area contributed by atoms with Gasteiger partial charge >= 0.3 is 0 Å². The number of terminal acetylenes is 1. The Morgan fingerprint density at radius 1 is 1.38 bits per heavy atom. The highest BCUT2D eigenvalue weighted by atomic mass is 19.1. The Kier molecular flexibility index (Phi) is 9.73. The fourth-order valence-electron chi connectivity index (χ4n) is 2.37. The predicted molar refractivity (Wildman–Crippen MR) is 108 cm³/mol. The minimum absolute atomic E-state index is 0.110. The minimum Gasteiger partial charge on any atom is -0.299 e. The number of allylic oxidation sites excluding steroid dienone is 6. The second kappa shape index (κ2) is 11.8. The molecule has 136 valence electrons. The zero-order valence-corrected chi connectivity index (χ0v) is 15.6. The molecule has 2 unspecified atom stereocenters. The smallest absolute Gasteiger partial charge is 0.179 e. The summed E-state index contributed by atoms with van der Waals surface area (Å²) in [6, 6.07) is -0.459. The molecular formula is C23H26FNO. The van der Waals surface area contributed by atoms with Gasteiger partial charge in [0.05, 0.1) is 0 Å². The summed E-state index contributed by atoms with van der Waals surface area (Å²) in [6.45, 7) is 7.99. The van der Waals surface area contributed by atoms with Crippen LogP contribution in [-0.4, -0.2) is 24.2 Å². The minimum atomic E-state index is -1.29. The van der Waals surface area contributed by atoms with Crippen LogP contribution in [0, 0.1) is 24.2 Å². The van der Waals surface area contributed by atoms with Crippen molar-refractivity contribution in [3.63, 3.8) is 0 Å². The summed E-state index contributed by atoms with van der Waals surface area (Å²) in [7, 11) is 0. The summed E-state index contributed by atoms with van der Waals surface area (Å²) in [6.07, 6.45) is 15.5. The van der Waals surface area contributed by atoms with Gasteiger partial charge in [0.1, 0.15) is 11.8 Å². The molecule has 3 heteroatoms. The topological polar surface area (TPSA) is 29.4 Å². The van der Waals surface area contributed by atoms with Gasteiger partial charge in [0.15, 0.2) is 6.17 Å². The van der Waals surface area contributed by atoms with E-state index in [-0.39, 0.29) is 5.78 Å². The van der Waals surface area contributed by atoms with E-state index in [9.17, 15) is 9.18 Å². The molecule has 1 heterocycles. The fraction of sp³-hybridized carbons (Fsp3) is 0.391. The molecule has 2 nitrogen and oxygen atoms in total. The van der Waals surface area contributed by atoms with Crippen molar-refractivity contribution in [2.24, 2.45) is 4.99 Å². The van der Waals surface area contributed by atoms with Crippen molar-refractivity contribution in [2.45, 2.75) is 58.2 Å². The van der Waals surface area contributed by atoms with Gasteiger partial charge in [-0.3, -0.25) is 9.79 Å². The zero-order chi connectivity index (χ0) is 19.4. The Labute approximate surface area is 156 Å². The number of ketones is 1. The molecular weight excluding hydrogens is 325 g/mol. The van der Waals surface area contributed by atoms with Crippen LogP contribution in [0.3, 0.4) is 0 Å². The first-order valence-electron chi connectivity index (χ1n) is 8.85. The first-order valence-corrected chi connectivity index (χ1v) is 8.85. The number of halogens is 1. The number of rotatable bonds is 9. The Morgan fingerprint density at radius 2 is 2.15 bits per heavy atom. The van der Waals surface area contributed by atoms with E-state index in [1.54, 1.807) is 0 Å².